The van der Waals surface area contributed by atoms with Gasteiger partial charge in [-0.25, -0.2) is 4.98 Å². The molecule has 1 aliphatic heterocycles. The standard InChI is InChI=1S/C10H17N5O/c16-10(3-5-15-8-12-7-13-15)14-9-2-1-4-11-6-9/h7-9,11H,1-6H2,(H,14,16). The molecule has 6 heteroatoms. The molecule has 1 unspecified atom stereocenters. The predicted molar refractivity (Wildman–Crippen MR) is 58.7 cm³/mol. The maximum atomic E-state index is 11.6. The van der Waals surface area contributed by atoms with Gasteiger partial charge in [0.1, 0.15) is 12.7 Å². The van der Waals surface area contributed by atoms with E-state index in [1.165, 1.54) is 6.33 Å². The van der Waals surface area contributed by atoms with Gasteiger partial charge in [-0.15, -0.1) is 0 Å². The van der Waals surface area contributed by atoms with Crippen LogP contribution in [0.2, 0.25) is 0 Å². The van der Waals surface area contributed by atoms with Crippen LogP contribution in [0.1, 0.15) is 19.3 Å². The van der Waals surface area contributed by atoms with Crippen molar-refractivity contribution in [2.24, 2.45) is 0 Å². The minimum absolute atomic E-state index is 0.0872. The van der Waals surface area contributed by atoms with Crippen LogP contribution in [0.4, 0.5) is 0 Å². The highest BCUT2D eigenvalue weighted by atomic mass is 16.1. The summed E-state index contributed by atoms with van der Waals surface area (Å²) in [5.74, 6) is 0.0872. The van der Waals surface area contributed by atoms with E-state index < -0.39 is 0 Å². The van der Waals surface area contributed by atoms with Crippen LogP contribution in [0.15, 0.2) is 12.7 Å². The molecule has 2 N–H and O–H groups in total. The molecule has 1 aliphatic rings. The average molecular weight is 223 g/mol. The molecule has 0 radical (unpaired) electrons. The lowest BCUT2D eigenvalue weighted by atomic mass is 10.1. The molecule has 1 atom stereocenters. The van der Waals surface area contributed by atoms with Gasteiger partial charge in [-0.1, -0.05) is 0 Å². The number of carbonyl (C=O) groups excluding carboxylic acids is 1. The second kappa shape index (κ2) is 5.60. The van der Waals surface area contributed by atoms with Crippen molar-refractivity contribution in [1.29, 1.82) is 0 Å². The average Bonchev–Trinajstić information content (AvgIpc) is 2.81. The molecule has 1 aromatic heterocycles. The van der Waals surface area contributed by atoms with Gasteiger partial charge in [0.2, 0.25) is 5.91 Å². The Bertz CT molecular complexity index is 318. The van der Waals surface area contributed by atoms with Gasteiger partial charge in [0.25, 0.3) is 0 Å². The van der Waals surface area contributed by atoms with Crippen molar-refractivity contribution >= 4 is 5.91 Å². The van der Waals surface area contributed by atoms with Gasteiger partial charge in [-0.05, 0) is 19.4 Å². The van der Waals surface area contributed by atoms with Crippen molar-refractivity contribution < 1.29 is 4.79 Å². The van der Waals surface area contributed by atoms with Crippen molar-refractivity contribution in [2.75, 3.05) is 13.1 Å². The van der Waals surface area contributed by atoms with E-state index in [-0.39, 0.29) is 11.9 Å². The van der Waals surface area contributed by atoms with Crippen LogP contribution in [-0.2, 0) is 11.3 Å². The van der Waals surface area contributed by atoms with Crippen LogP contribution >= 0.6 is 0 Å². The van der Waals surface area contributed by atoms with Crippen molar-refractivity contribution in [3.8, 4) is 0 Å². The summed E-state index contributed by atoms with van der Waals surface area (Å²) in [6.45, 7) is 2.53. The molecule has 2 heterocycles. The fraction of sp³-hybridized carbons (Fsp3) is 0.700. The van der Waals surface area contributed by atoms with Crippen LogP contribution < -0.4 is 10.6 Å². The molecule has 16 heavy (non-hydrogen) atoms. The Morgan fingerprint density at radius 1 is 1.62 bits per heavy atom. The second-order valence-corrected chi connectivity index (χ2v) is 4.02. The lowest BCUT2D eigenvalue weighted by molar-refractivity contribution is -0.122. The number of hydrogen-bond donors (Lipinski definition) is 2. The topological polar surface area (TPSA) is 71.8 Å². The molecule has 6 nitrogen and oxygen atoms in total. The maximum Gasteiger partial charge on any atom is 0.222 e. The lowest BCUT2D eigenvalue weighted by Gasteiger charge is -2.23. The first-order chi connectivity index (χ1) is 7.84. The largest absolute Gasteiger partial charge is 0.352 e. The number of aromatic nitrogens is 3. The first kappa shape index (κ1) is 11.1. The van der Waals surface area contributed by atoms with Crippen LogP contribution in [0.25, 0.3) is 0 Å². The molecule has 0 saturated carbocycles. The fourth-order valence-corrected chi connectivity index (χ4v) is 1.84. The Morgan fingerprint density at radius 2 is 2.56 bits per heavy atom. The Kier molecular flexibility index (Phi) is 3.87. The van der Waals surface area contributed by atoms with E-state index in [1.54, 1.807) is 11.0 Å². The molecule has 88 valence electrons. The summed E-state index contributed by atoms with van der Waals surface area (Å²) in [5, 5.41) is 10.2. The van der Waals surface area contributed by atoms with E-state index in [2.05, 4.69) is 20.7 Å². The maximum absolute atomic E-state index is 11.6. The van der Waals surface area contributed by atoms with Crippen molar-refractivity contribution in [3.05, 3.63) is 12.7 Å². The second-order valence-electron chi connectivity index (χ2n) is 4.02. The van der Waals surface area contributed by atoms with E-state index in [0.29, 0.717) is 13.0 Å². The third-order valence-corrected chi connectivity index (χ3v) is 2.70. The lowest BCUT2D eigenvalue weighted by Crippen LogP contribution is -2.45. The molecule has 0 bridgehead atoms. The van der Waals surface area contributed by atoms with E-state index in [4.69, 9.17) is 0 Å². The van der Waals surface area contributed by atoms with Gasteiger partial charge >= 0.3 is 0 Å². The van der Waals surface area contributed by atoms with Gasteiger partial charge < -0.3 is 10.6 Å². The Labute approximate surface area is 94.4 Å². The van der Waals surface area contributed by atoms with E-state index in [0.717, 1.165) is 25.9 Å². The quantitative estimate of drug-likeness (QED) is 0.724. The molecule has 0 spiro atoms. The molecular weight excluding hydrogens is 206 g/mol. The fourth-order valence-electron chi connectivity index (χ4n) is 1.84. The SMILES string of the molecule is O=C(CCn1cncn1)NC1CCCNC1. The van der Waals surface area contributed by atoms with Crippen LogP contribution in [0.5, 0.6) is 0 Å². The number of hydrogen-bond acceptors (Lipinski definition) is 4. The molecular formula is C10H17N5O. The first-order valence-corrected chi connectivity index (χ1v) is 5.67. The monoisotopic (exact) mass is 223 g/mol. The summed E-state index contributed by atoms with van der Waals surface area (Å²) in [6.07, 6.45) is 5.76. The molecule has 1 aromatic rings. The third kappa shape index (κ3) is 3.30. The van der Waals surface area contributed by atoms with Gasteiger partial charge in [0, 0.05) is 19.0 Å². The number of amides is 1. The number of carbonyl (C=O) groups is 1. The van der Waals surface area contributed by atoms with Gasteiger partial charge in [0.15, 0.2) is 0 Å². The number of nitrogens with one attached hydrogen (secondary N) is 2. The summed E-state index contributed by atoms with van der Waals surface area (Å²) in [6, 6.07) is 0.289. The van der Waals surface area contributed by atoms with E-state index in [1.807, 2.05) is 0 Å². The number of rotatable bonds is 4. The minimum atomic E-state index is 0.0872. The summed E-state index contributed by atoms with van der Waals surface area (Å²) < 4.78 is 1.67. The predicted octanol–water partition coefficient (Wildman–Crippen LogP) is -0.464. The van der Waals surface area contributed by atoms with Crippen LogP contribution in [0.3, 0.4) is 0 Å². The summed E-state index contributed by atoms with van der Waals surface area (Å²) in [7, 11) is 0. The summed E-state index contributed by atoms with van der Waals surface area (Å²) in [5.41, 5.74) is 0. The molecule has 1 fully saturated rings. The zero-order chi connectivity index (χ0) is 11.2. The van der Waals surface area contributed by atoms with Crippen LogP contribution in [-0.4, -0.2) is 39.8 Å². The normalized spacial score (nSPS) is 20.6. The van der Waals surface area contributed by atoms with E-state index >= 15 is 0 Å². The van der Waals surface area contributed by atoms with Gasteiger partial charge in [-0.3, -0.25) is 9.48 Å². The summed E-state index contributed by atoms with van der Waals surface area (Å²) in [4.78, 5) is 15.4. The van der Waals surface area contributed by atoms with Crippen molar-refractivity contribution in [2.45, 2.75) is 31.8 Å². The highest BCUT2D eigenvalue weighted by Gasteiger charge is 2.14. The Balaban J connectivity index is 1.67. The highest BCUT2D eigenvalue weighted by Crippen LogP contribution is 2.01. The van der Waals surface area contributed by atoms with Crippen molar-refractivity contribution in [1.82, 2.24) is 25.4 Å². The molecule has 0 aliphatic carbocycles. The number of aryl methyl sites for hydroxylation is 1. The van der Waals surface area contributed by atoms with E-state index in [9.17, 15) is 4.79 Å². The number of nitrogens with zero attached hydrogens (tertiary/aromatic N) is 3. The van der Waals surface area contributed by atoms with Crippen LogP contribution in [0, 0.1) is 0 Å². The van der Waals surface area contributed by atoms with Crippen molar-refractivity contribution in [3.63, 3.8) is 0 Å². The third-order valence-electron chi connectivity index (χ3n) is 2.70. The molecule has 1 saturated heterocycles. The molecule has 0 aromatic carbocycles. The highest BCUT2D eigenvalue weighted by molar-refractivity contribution is 5.76. The molecule has 1 amide bonds. The smallest absolute Gasteiger partial charge is 0.222 e. The first-order valence-electron chi connectivity index (χ1n) is 5.67. The molecule has 2 rings (SSSR count). The zero-order valence-electron chi connectivity index (χ0n) is 9.22. The Hall–Kier alpha value is -1.43. The summed E-state index contributed by atoms with van der Waals surface area (Å²) >= 11 is 0. The minimum Gasteiger partial charge on any atom is -0.352 e. The number of piperidine rings is 1. The van der Waals surface area contributed by atoms with Gasteiger partial charge in [0.05, 0.1) is 6.54 Å². The Morgan fingerprint density at radius 3 is 3.25 bits per heavy atom. The van der Waals surface area contributed by atoms with Gasteiger partial charge in [-0.2, -0.15) is 5.10 Å². The zero-order valence-corrected chi connectivity index (χ0v) is 9.22.